The minimum absolute atomic E-state index is 0.229. The molecule has 0 aromatic heterocycles. The molecule has 10 heavy (non-hydrogen) atoms. The molecule has 0 fully saturated rings. The summed E-state index contributed by atoms with van der Waals surface area (Å²) in [4.78, 5) is 23.1. The van der Waals surface area contributed by atoms with E-state index in [1.807, 2.05) is 0 Å². The van der Waals surface area contributed by atoms with Crippen LogP contribution in [0.3, 0.4) is 0 Å². The molecule has 2 amide bonds. The summed E-state index contributed by atoms with van der Waals surface area (Å²) in [6.07, 6.45) is 1.23. The zero-order chi connectivity index (χ0) is 7.72. The smallest absolute Gasteiger partial charge is 0.267 e. The fourth-order valence-corrected chi connectivity index (χ4v) is 1.03. The number of imide groups is 1. The van der Waals surface area contributed by atoms with Crippen LogP contribution in [0.5, 0.6) is 0 Å². The summed E-state index contributed by atoms with van der Waals surface area (Å²) in [5.41, 5.74) is 0. The van der Waals surface area contributed by atoms with E-state index in [4.69, 9.17) is 0 Å². The zero-order valence-corrected chi connectivity index (χ0v) is 6.39. The molecule has 0 spiro atoms. The predicted molar refractivity (Wildman–Crippen MR) is 39.5 cm³/mol. The monoisotopic (exact) mass is 157 g/mol. The molecule has 0 N–H and O–H groups in total. The Kier molecular flexibility index (Phi) is 1.80. The van der Waals surface area contributed by atoms with Gasteiger partial charge in [0.2, 0.25) is 0 Å². The summed E-state index contributed by atoms with van der Waals surface area (Å²) >= 11 is 3.81. The molecule has 0 aromatic carbocycles. The van der Waals surface area contributed by atoms with Crippen molar-refractivity contribution in [1.82, 2.24) is 4.90 Å². The first kappa shape index (κ1) is 7.34. The maximum atomic E-state index is 10.9. The van der Waals surface area contributed by atoms with E-state index in [2.05, 4.69) is 12.6 Å². The Morgan fingerprint density at radius 1 is 1.60 bits per heavy atom. The molecule has 0 radical (unpaired) electrons. The Balaban J connectivity index is 2.87. The van der Waals surface area contributed by atoms with Crippen molar-refractivity contribution < 1.29 is 9.59 Å². The Morgan fingerprint density at radius 2 is 2.20 bits per heavy atom. The largest absolute Gasteiger partial charge is 0.275 e. The first-order valence-corrected chi connectivity index (χ1v) is 3.38. The second-order valence-corrected chi connectivity index (χ2v) is 2.40. The molecule has 1 aliphatic heterocycles. The van der Waals surface area contributed by atoms with Gasteiger partial charge in [0.1, 0.15) is 0 Å². The Morgan fingerprint density at radius 3 is 2.40 bits per heavy atom. The number of amides is 2. The Labute approximate surface area is 64.1 Å². The molecule has 0 unspecified atom stereocenters. The third-order valence-electron chi connectivity index (χ3n) is 1.31. The maximum Gasteiger partial charge on any atom is 0.267 e. The quantitative estimate of drug-likeness (QED) is 0.436. The molecule has 0 saturated heterocycles. The highest BCUT2D eigenvalue weighted by Crippen LogP contribution is 2.14. The second kappa shape index (κ2) is 2.46. The topological polar surface area (TPSA) is 37.4 Å². The fraction of sp³-hybridized carbons (Fsp3) is 0.333. The first-order valence-electron chi connectivity index (χ1n) is 2.93. The molecule has 0 aliphatic carbocycles. The maximum absolute atomic E-state index is 10.9. The van der Waals surface area contributed by atoms with E-state index < -0.39 is 0 Å². The van der Waals surface area contributed by atoms with Crippen molar-refractivity contribution >= 4 is 24.4 Å². The van der Waals surface area contributed by atoms with Gasteiger partial charge in [-0.3, -0.25) is 14.5 Å². The van der Waals surface area contributed by atoms with E-state index in [0.717, 1.165) is 4.90 Å². The van der Waals surface area contributed by atoms with Crippen LogP contribution >= 0.6 is 12.6 Å². The summed E-state index contributed by atoms with van der Waals surface area (Å²) in [5, 5.41) is 0. The highest BCUT2D eigenvalue weighted by atomic mass is 32.1. The third kappa shape index (κ3) is 0.945. The lowest BCUT2D eigenvalue weighted by Crippen LogP contribution is -2.29. The number of carbonyl (C=O) groups excluding carboxylic acids is 2. The van der Waals surface area contributed by atoms with E-state index in [1.54, 1.807) is 6.92 Å². The van der Waals surface area contributed by atoms with E-state index >= 15 is 0 Å². The average molecular weight is 157 g/mol. The molecule has 54 valence electrons. The average Bonchev–Trinajstić information content (AvgIpc) is 2.09. The van der Waals surface area contributed by atoms with E-state index in [9.17, 15) is 9.59 Å². The van der Waals surface area contributed by atoms with Gasteiger partial charge in [-0.1, -0.05) is 0 Å². The molecule has 4 heteroatoms. The van der Waals surface area contributed by atoms with Gasteiger partial charge in [-0.25, -0.2) is 0 Å². The lowest BCUT2D eigenvalue weighted by atomic mass is 10.5. The SMILES string of the molecule is CCN1C(=O)C=C(S)C1=O. The fourth-order valence-electron chi connectivity index (χ4n) is 0.794. The van der Waals surface area contributed by atoms with Crippen LogP contribution < -0.4 is 0 Å². The van der Waals surface area contributed by atoms with Crippen molar-refractivity contribution in [3.63, 3.8) is 0 Å². The number of hydrogen-bond donors (Lipinski definition) is 1. The van der Waals surface area contributed by atoms with Crippen LogP contribution in [0.2, 0.25) is 0 Å². The van der Waals surface area contributed by atoms with Crippen LogP contribution in [0.25, 0.3) is 0 Å². The molecule has 1 aliphatic rings. The molecule has 0 bridgehead atoms. The van der Waals surface area contributed by atoms with Crippen molar-refractivity contribution in [3.8, 4) is 0 Å². The molecule has 1 heterocycles. The number of nitrogens with zero attached hydrogens (tertiary/aromatic N) is 1. The summed E-state index contributed by atoms with van der Waals surface area (Å²) in [6, 6.07) is 0. The van der Waals surface area contributed by atoms with Crippen LogP contribution in [0, 0.1) is 0 Å². The highest BCUT2D eigenvalue weighted by molar-refractivity contribution is 7.85. The van der Waals surface area contributed by atoms with Crippen LogP contribution in [-0.2, 0) is 9.59 Å². The first-order chi connectivity index (χ1) is 4.66. The molecule has 0 atom stereocenters. The lowest BCUT2D eigenvalue weighted by molar-refractivity contribution is -0.136. The number of carbonyl (C=O) groups is 2. The van der Waals surface area contributed by atoms with Crippen molar-refractivity contribution in [3.05, 3.63) is 11.0 Å². The Hall–Kier alpha value is -0.770. The van der Waals surface area contributed by atoms with E-state index in [1.165, 1.54) is 6.08 Å². The minimum Gasteiger partial charge on any atom is -0.275 e. The zero-order valence-electron chi connectivity index (χ0n) is 5.50. The number of thiol groups is 1. The predicted octanol–water partition coefficient (Wildman–Crippen LogP) is 0.189. The summed E-state index contributed by atoms with van der Waals surface area (Å²) in [6.45, 7) is 2.16. The van der Waals surface area contributed by atoms with Gasteiger partial charge in [-0.15, -0.1) is 12.6 Å². The standard InChI is InChI=1S/C6H7NO2S/c1-2-7-5(8)3-4(10)6(7)9/h3,10H,2H2,1H3. The summed E-state index contributed by atoms with van der Waals surface area (Å²) in [7, 11) is 0. The van der Waals surface area contributed by atoms with Gasteiger partial charge in [0.15, 0.2) is 0 Å². The normalized spacial score (nSPS) is 18.2. The van der Waals surface area contributed by atoms with Crippen LogP contribution in [-0.4, -0.2) is 23.3 Å². The van der Waals surface area contributed by atoms with E-state index in [-0.39, 0.29) is 16.7 Å². The van der Waals surface area contributed by atoms with Gasteiger partial charge in [0.05, 0.1) is 4.91 Å². The molecule has 3 nitrogen and oxygen atoms in total. The number of likely N-dealkylation sites (N-methyl/N-ethyl adjacent to an activating group) is 1. The number of rotatable bonds is 1. The minimum atomic E-state index is -0.296. The molecular formula is C6H7NO2S. The van der Waals surface area contributed by atoms with Crippen molar-refractivity contribution in [1.29, 1.82) is 0 Å². The van der Waals surface area contributed by atoms with Gasteiger partial charge < -0.3 is 0 Å². The number of hydrogen-bond acceptors (Lipinski definition) is 3. The molecular weight excluding hydrogens is 150 g/mol. The van der Waals surface area contributed by atoms with Gasteiger partial charge in [-0.05, 0) is 6.92 Å². The Bertz CT molecular complexity index is 222. The molecule has 0 aromatic rings. The van der Waals surface area contributed by atoms with Crippen LogP contribution in [0.4, 0.5) is 0 Å². The second-order valence-electron chi connectivity index (χ2n) is 1.92. The van der Waals surface area contributed by atoms with Gasteiger partial charge in [0, 0.05) is 12.6 Å². The third-order valence-corrected chi connectivity index (χ3v) is 1.63. The van der Waals surface area contributed by atoms with Gasteiger partial charge in [0.25, 0.3) is 11.8 Å². The molecule has 1 rings (SSSR count). The van der Waals surface area contributed by atoms with Crippen LogP contribution in [0.1, 0.15) is 6.92 Å². The van der Waals surface area contributed by atoms with Crippen LogP contribution in [0.15, 0.2) is 11.0 Å². The van der Waals surface area contributed by atoms with Crippen molar-refractivity contribution in [2.24, 2.45) is 0 Å². The molecule has 0 saturated carbocycles. The van der Waals surface area contributed by atoms with Crippen molar-refractivity contribution in [2.45, 2.75) is 6.92 Å². The summed E-state index contributed by atoms with van der Waals surface area (Å²) in [5.74, 6) is -0.562. The van der Waals surface area contributed by atoms with E-state index in [0.29, 0.717) is 6.54 Å². The van der Waals surface area contributed by atoms with Crippen molar-refractivity contribution in [2.75, 3.05) is 6.54 Å². The summed E-state index contributed by atoms with van der Waals surface area (Å²) < 4.78 is 0. The van der Waals surface area contributed by atoms with Gasteiger partial charge in [-0.2, -0.15) is 0 Å². The lowest BCUT2D eigenvalue weighted by Gasteiger charge is -2.09. The van der Waals surface area contributed by atoms with Gasteiger partial charge >= 0.3 is 0 Å². The highest BCUT2D eigenvalue weighted by Gasteiger charge is 2.26.